The molecule has 2 amide bonds. The van der Waals surface area contributed by atoms with Crippen molar-refractivity contribution in [2.24, 2.45) is 0 Å². The zero-order valence-corrected chi connectivity index (χ0v) is 20.3. The highest BCUT2D eigenvalue weighted by Crippen LogP contribution is 2.39. The smallest absolute Gasteiger partial charge is 0.307 e. The highest BCUT2D eigenvalue weighted by Gasteiger charge is 2.30. The standard InChI is InChI=1S/C24H26F3N5O3S/c1-2-32-12-11-22(31-32)30-23(33)29-21-14-19(36(34,35)28-15-24(25,26)27)9-10-20(21)18-8-4-7-17(13-18)16-5-3-6-16/h4,7-14,16,28H,2-3,5-6,15H2,1H3,(H2,29,30,31,33). The molecule has 8 nitrogen and oxygen atoms in total. The largest absolute Gasteiger partial charge is 0.402 e. The van der Waals surface area contributed by atoms with E-state index in [1.807, 2.05) is 31.2 Å². The van der Waals surface area contributed by atoms with E-state index in [1.165, 1.54) is 12.1 Å². The molecule has 0 unspecified atom stereocenters. The molecule has 0 bridgehead atoms. The minimum Gasteiger partial charge on any atom is -0.307 e. The number of alkyl halides is 3. The predicted molar refractivity (Wildman–Crippen MR) is 130 cm³/mol. The molecule has 1 aromatic heterocycles. The molecule has 1 fully saturated rings. The summed E-state index contributed by atoms with van der Waals surface area (Å²) < 4.78 is 66.1. The van der Waals surface area contributed by atoms with Gasteiger partial charge in [-0.2, -0.15) is 18.3 Å². The lowest BCUT2D eigenvalue weighted by molar-refractivity contribution is -0.121. The van der Waals surface area contributed by atoms with Gasteiger partial charge in [0.05, 0.1) is 10.6 Å². The number of amides is 2. The fraction of sp³-hybridized carbons (Fsp3) is 0.333. The Kier molecular flexibility index (Phi) is 7.36. The summed E-state index contributed by atoms with van der Waals surface area (Å²) in [4.78, 5) is 12.3. The summed E-state index contributed by atoms with van der Waals surface area (Å²) >= 11 is 0. The quantitative estimate of drug-likeness (QED) is 0.373. The number of aryl methyl sites for hydroxylation is 1. The number of nitrogens with zero attached hydrogens (tertiary/aromatic N) is 2. The molecular weight excluding hydrogens is 495 g/mol. The average molecular weight is 522 g/mol. The van der Waals surface area contributed by atoms with Crippen molar-refractivity contribution in [1.82, 2.24) is 14.5 Å². The van der Waals surface area contributed by atoms with Crippen LogP contribution in [0.1, 0.15) is 37.7 Å². The molecule has 12 heteroatoms. The number of carbonyl (C=O) groups excluding carboxylic acids is 1. The van der Waals surface area contributed by atoms with Crippen LogP contribution in [0.5, 0.6) is 0 Å². The number of hydrogen-bond donors (Lipinski definition) is 3. The van der Waals surface area contributed by atoms with Crippen LogP contribution in [0.4, 0.5) is 29.5 Å². The molecule has 3 aromatic rings. The van der Waals surface area contributed by atoms with E-state index < -0.39 is 33.7 Å². The zero-order valence-electron chi connectivity index (χ0n) is 19.5. The van der Waals surface area contributed by atoms with E-state index in [0.29, 0.717) is 23.8 Å². The van der Waals surface area contributed by atoms with E-state index in [2.05, 4.69) is 15.7 Å². The van der Waals surface area contributed by atoms with E-state index in [9.17, 15) is 26.4 Å². The van der Waals surface area contributed by atoms with Gasteiger partial charge in [-0.25, -0.2) is 17.9 Å². The number of hydrogen-bond acceptors (Lipinski definition) is 4. The minimum atomic E-state index is -4.71. The molecule has 0 aliphatic heterocycles. The van der Waals surface area contributed by atoms with Crippen LogP contribution >= 0.6 is 0 Å². The molecule has 0 atom stereocenters. The van der Waals surface area contributed by atoms with E-state index in [-0.39, 0.29) is 5.69 Å². The van der Waals surface area contributed by atoms with Crippen LogP contribution in [0.2, 0.25) is 0 Å². The van der Waals surface area contributed by atoms with Crippen molar-refractivity contribution in [2.45, 2.75) is 49.7 Å². The number of rotatable bonds is 8. The summed E-state index contributed by atoms with van der Waals surface area (Å²) in [5.41, 5.74) is 2.54. The summed E-state index contributed by atoms with van der Waals surface area (Å²) in [5, 5.41) is 9.39. The zero-order chi connectivity index (χ0) is 25.9. The van der Waals surface area contributed by atoms with Gasteiger partial charge in [0.2, 0.25) is 10.0 Å². The van der Waals surface area contributed by atoms with Crippen molar-refractivity contribution in [1.29, 1.82) is 0 Å². The lowest BCUT2D eigenvalue weighted by atomic mass is 9.79. The normalized spacial score (nSPS) is 14.3. The Morgan fingerprint density at radius 2 is 1.89 bits per heavy atom. The second kappa shape index (κ2) is 10.3. The topological polar surface area (TPSA) is 105 Å². The summed E-state index contributed by atoms with van der Waals surface area (Å²) in [7, 11) is -4.48. The van der Waals surface area contributed by atoms with Crippen LogP contribution < -0.4 is 15.4 Å². The average Bonchev–Trinajstić information content (AvgIpc) is 3.24. The Morgan fingerprint density at radius 1 is 1.11 bits per heavy atom. The minimum absolute atomic E-state index is 0.128. The van der Waals surface area contributed by atoms with Crippen LogP contribution in [0.3, 0.4) is 0 Å². The molecular formula is C24H26F3N5O3S. The van der Waals surface area contributed by atoms with E-state index >= 15 is 0 Å². The molecule has 1 saturated carbocycles. The van der Waals surface area contributed by atoms with Gasteiger partial charge >= 0.3 is 12.2 Å². The van der Waals surface area contributed by atoms with Gasteiger partial charge in [0.25, 0.3) is 0 Å². The van der Waals surface area contributed by atoms with Gasteiger partial charge < -0.3 is 5.32 Å². The van der Waals surface area contributed by atoms with Crippen molar-refractivity contribution >= 4 is 27.6 Å². The third kappa shape index (κ3) is 6.24. The molecule has 1 aliphatic carbocycles. The Labute approximate surface area is 206 Å². The summed E-state index contributed by atoms with van der Waals surface area (Å²) in [6, 6.07) is 12.5. The fourth-order valence-electron chi connectivity index (χ4n) is 3.88. The maximum absolute atomic E-state index is 12.7. The van der Waals surface area contributed by atoms with Crippen molar-refractivity contribution in [3.63, 3.8) is 0 Å². The number of halogens is 3. The van der Waals surface area contributed by atoms with Crippen LogP contribution in [0.15, 0.2) is 59.6 Å². The van der Waals surface area contributed by atoms with Crippen molar-refractivity contribution in [3.05, 3.63) is 60.3 Å². The van der Waals surface area contributed by atoms with Gasteiger partial charge in [-0.1, -0.05) is 36.8 Å². The molecule has 0 radical (unpaired) electrons. The van der Waals surface area contributed by atoms with E-state index in [4.69, 9.17) is 0 Å². The maximum Gasteiger partial charge on any atom is 0.402 e. The highest BCUT2D eigenvalue weighted by atomic mass is 32.2. The molecule has 0 saturated heterocycles. The lowest BCUT2D eigenvalue weighted by Crippen LogP contribution is -2.33. The number of nitrogens with one attached hydrogen (secondary N) is 3. The molecule has 1 aliphatic rings. The third-order valence-electron chi connectivity index (χ3n) is 5.99. The molecule has 1 heterocycles. The fourth-order valence-corrected chi connectivity index (χ4v) is 4.92. The second-order valence-corrected chi connectivity index (χ2v) is 10.3. The number of sulfonamides is 1. The van der Waals surface area contributed by atoms with Crippen molar-refractivity contribution in [3.8, 4) is 11.1 Å². The van der Waals surface area contributed by atoms with Crippen LogP contribution in [-0.4, -0.2) is 37.0 Å². The van der Waals surface area contributed by atoms with Gasteiger partial charge in [0, 0.05) is 24.4 Å². The first-order valence-electron chi connectivity index (χ1n) is 11.5. The van der Waals surface area contributed by atoms with Crippen LogP contribution in [0, 0.1) is 0 Å². The molecule has 3 N–H and O–H groups in total. The Hall–Kier alpha value is -3.38. The summed E-state index contributed by atoms with van der Waals surface area (Å²) in [6.07, 6.45) is 0.310. The van der Waals surface area contributed by atoms with Crippen molar-refractivity contribution in [2.75, 3.05) is 17.2 Å². The Balaban J connectivity index is 1.66. The summed E-state index contributed by atoms with van der Waals surface area (Å²) in [5.74, 6) is 0.739. The maximum atomic E-state index is 12.7. The van der Waals surface area contributed by atoms with Crippen LogP contribution in [0.25, 0.3) is 11.1 Å². The van der Waals surface area contributed by atoms with Crippen LogP contribution in [-0.2, 0) is 16.6 Å². The number of anilines is 2. The van der Waals surface area contributed by atoms with Gasteiger partial charge in [0.15, 0.2) is 5.82 Å². The monoisotopic (exact) mass is 521 g/mol. The molecule has 2 aromatic carbocycles. The number of aromatic nitrogens is 2. The Bertz CT molecular complexity index is 1350. The first-order valence-corrected chi connectivity index (χ1v) is 12.9. The second-order valence-electron chi connectivity index (χ2n) is 8.54. The first-order chi connectivity index (χ1) is 17.0. The first kappa shape index (κ1) is 25.7. The number of carbonyl (C=O) groups is 1. The van der Waals surface area contributed by atoms with Gasteiger partial charge in [0.1, 0.15) is 6.54 Å². The molecule has 0 spiro atoms. The SMILES string of the molecule is CCn1ccc(NC(=O)Nc2cc(S(=O)(=O)NCC(F)(F)F)ccc2-c2cccc(C3CCC3)c2)n1. The molecule has 4 rings (SSSR count). The summed E-state index contributed by atoms with van der Waals surface area (Å²) in [6.45, 7) is 0.791. The predicted octanol–water partition coefficient (Wildman–Crippen LogP) is 5.32. The van der Waals surface area contributed by atoms with E-state index in [1.54, 1.807) is 21.7 Å². The highest BCUT2D eigenvalue weighted by molar-refractivity contribution is 7.89. The van der Waals surface area contributed by atoms with Gasteiger partial charge in [-0.05, 0) is 48.9 Å². The third-order valence-corrected chi connectivity index (χ3v) is 7.39. The molecule has 36 heavy (non-hydrogen) atoms. The van der Waals surface area contributed by atoms with E-state index in [0.717, 1.165) is 36.5 Å². The lowest BCUT2D eigenvalue weighted by Gasteiger charge is -2.26. The molecule has 192 valence electrons. The number of urea groups is 1. The Morgan fingerprint density at radius 3 is 2.53 bits per heavy atom. The van der Waals surface area contributed by atoms with Crippen molar-refractivity contribution < 1.29 is 26.4 Å². The van der Waals surface area contributed by atoms with Gasteiger partial charge in [-0.3, -0.25) is 10.00 Å². The van der Waals surface area contributed by atoms with Gasteiger partial charge in [-0.15, -0.1) is 0 Å². The number of benzene rings is 2.